The van der Waals surface area contributed by atoms with E-state index in [0.717, 1.165) is 22.4 Å². The molecule has 0 aliphatic heterocycles. The van der Waals surface area contributed by atoms with Crippen LogP contribution in [-0.4, -0.2) is 41.7 Å². The highest BCUT2D eigenvalue weighted by Crippen LogP contribution is 2.25. The molecule has 5 nitrogen and oxygen atoms in total. The van der Waals surface area contributed by atoms with Crippen molar-refractivity contribution >= 4 is 46.8 Å². The number of carbonyl (C=O) groups excluding carboxylic acids is 2. The minimum Gasteiger partial charge on any atom is -0.497 e. The number of ether oxygens (including phenoxy) is 1. The molecule has 0 saturated carbocycles. The number of benzene rings is 3. The maximum Gasteiger partial charge on any atom is 0.243 e. The van der Waals surface area contributed by atoms with Crippen molar-refractivity contribution < 1.29 is 14.3 Å². The topological polar surface area (TPSA) is 58.6 Å². The lowest BCUT2D eigenvalue weighted by Crippen LogP contribution is -2.52. The van der Waals surface area contributed by atoms with Gasteiger partial charge in [0.1, 0.15) is 11.8 Å². The van der Waals surface area contributed by atoms with E-state index in [0.29, 0.717) is 22.2 Å². The molecule has 1 atom stereocenters. The molecule has 196 valence electrons. The summed E-state index contributed by atoms with van der Waals surface area (Å²) >= 11 is 14.1. The van der Waals surface area contributed by atoms with Gasteiger partial charge in [0.2, 0.25) is 11.8 Å². The largest absolute Gasteiger partial charge is 0.497 e. The van der Waals surface area contributed by atoms with Gasteiger partial charge in [-0.3, -0.25) is 9.59 Å². The third-order valence-corrected chi connectivity index (χ3v) is 7.29. The number of hydrogen-bond donors (Lipinski definition) is 1. The number of carbonyl (C=O) groups is 2. The average Bonchev–Trinajstić information content (AvgIpc) is 2.87. The number of nitrogens with one attached hydrogen (secondary N) is 1. The summed E-state index contributed by atoms with van der Waals surface area (Å²) in [7, 11) is 1.63. The maximum absolute atomic E-state index is 13.7. The van der Waals surface area contributed by atoms with Crippen LogP contribution in [0.2, 0.25) is 10.0 Å². The van der Waals surface area contributed by atoms with E-state index >= 15 is 0 Å². The van der Waals surface area contributed by atoms with Gasteiger partial charge in [-0.25, -0.2) is 0 Å². The first kappa shape index (κ1) is 28.9. The maximum atomic E-state index is 13.7. The number of halogens is 2. The van der Waals surface area contributed by atoms with Crippen molar-refractivity contribution in [2.24, 2.45) is 0 Å². The molecule has 0 saturated heterocycles. The van der Waals surface area contributed by atoms with Gasteiger partial charge in [0, 0.05) is 34.8 Å². The second-order valence-corrected chi connectivity index (χ2v) is 10.8. The number of rotatable bonds is 12. The Kier molecular flexibility index (Phi) is 11.2. The summed E-state index contributed by atoms with van der Waals surface area (Å²) in [6, 6.07) is 21.9. The second-order valence-electron chi connectivity index (χ2n) is 8.97. The lowest BCUT2D eigenvalue weighted by Gasteiger charge is -2.32. The Labute approximate surface area is 233 Å². The van der Waals surface area contributed by atoms with Gasteiger partial charge < -0.3 is 15.0 Å². The van der Waals surface area contributed by atoms with Crippen LogP contribution in [0.4, 0.5) is 0 Å². The van der Waals surface area contributed by atoms with Crippen LogP contribution in [0.1, 0.15) is 30.5 Å². The molecular formula is C29H32Cl2N2O3S. The van der Waals surface area contributed by atoms with Gasteiger partial charge in [-0.15, -0.1) is 11.8 Å². The molecule has 0 aliphatic carbocycles. The first-order chi connectivity index (χ1) is 17.8. The van der Waals surface area contributed by atoms with Crippen molar-refractivity contribution in [1.29, 1.82) is 0 Å². The predicted octanol–water partition coefficient (Wildman–Crippen LogP) is 6.40. The zero-order valence-corrected chi connectivity index (χ0v) is 23.6. The summed E-state index contributed by atoms with van der Waals surface area (Å²) in [5, 5.41) is 3.97. The van der Waals surface area contributed by atoms with Gasteiger partial charge in [-0.05, 0) is 54.8 Å². The number of nitrogens with zero attached hydrogens (tertiary/aromatic N) is 1. The molecule has 3 aromatic rings. The first-order valence-electron chi connectivity index (χ1n) is 12.0. The summed E-state index contributed by atoms with van der Waals surface area (Å²) in [5.74, 6) is 1.34. The quantitative estimate of drug-likeness (QED) is 0.279. The fourth-order valence-corrected chi connectivity index (χ4v) is 5.17. The summed E-state index contributed by atoms with van der Waals surface area (Å²) < 4.78 is 5.22. The number of hydrogen-bond acceptors (Lipinski definition) is 4. The zero-order chi connectivity index (χ0) is 26.8. The molecule has 0 heterocycles. The number of methoxy groups -OCH3 is 1. The fourth-order valence-electron chi connectivity index (χ4n) is 3.83. The van der Waals surface area contributed by atoms with E-state index in [1.54, 1.807) is 30.2 Å². The molecule has 8 heteroatoms. The summed E-state index contributed by atoms with van der Waals surface area (Å²) in [6.07, 6.45) is 0.388. The van der Waals surface area contributed by atoms with Gasteiger partial charge in [0.05, 0.1) is 12.9 Å². The van der Waals surface area contributed by atoms with Crippen molar-refractivity contribution in [3.05, 3.63) is 99.5 Å². The van der Waals surface area contributed by atoms with Crippen LogP contribution in [0.25, 0.3) is 0 Å². The highest BCUT2D eigenvalue weighted by atomic mass is 35.5. The smallest absolute Gasteiger partial charge is 0.243 e. The molecule has 0 radical (unpaired) electrons. The molecule has 1 N–H and O–H groups in total. The van der Waals surface area contributed by atoms with Crippen LogP contribution in [0, 0.1) is 0 Å². The Morgan fingerprint density at radius 3 is 2.30 bits per heavy atom. The van der Waals surface area contributed by atoms with E-state index < -0.39 is 6.04 Å². The van der Waals surface area contributed by atoms with E-state index in [-0.39, 0.29) is 30.2 Å². The van der Waals surface area contributed by atoms with Crippen molar-refractivity contribution in [3.8, 4) is 5.75 Å². The Morgan fingerprint density at radius 1 is 0.973 bits per heavy atom. The summed E-state index contributed by atoms with van der Waals surface area (Å²) in [5.41, 5.74) is 2.79. The molecule has 0 fully saturated rings. The highest BCUT2D eigenvalue weighted by molar-refractivity contribution is 7.99. The van der Waals surface area contributed by atoms with Crippen LogP contribution in [0.3, 0.4) is 0 Å². The van der Waals surface area contributed by atoms with Gasteiger partial charge in [0.25, 0.3) is 0 Å². The third-order valence-electron chi connectivity index (χ3n) is 5.71. The number of thioether (sulfide) groups is 1. The molecule has 37 heavy (non-hydrogen) atoms. The molecule has 0 bridgehead atoms. The highest BCUT2D eigenvalue weighted by Gasteiger charge is 2.31. The fraction of sp³-hybridized carbons (Fsp3) is 0.310. The molecule has 0 spiro atoms. The van der Waals surface area contributed by atoms with Crippen molar-refractivity contribution in [2.45, 2.75) is 44.6 Å². The van der Waals surface area contributed by atoms with Crippen molar-refractivity contribution in [2.75, 3.05) is 12.9 Å². The van der Waals surface area contributed by atoms with Gasteiger partial charge >= 0.3 is 0 Å². The van der Waals surface area contributed by atoms with E-state index in [9.17, 15) is 9.59 Å². The van der Waals surface area contributed by atoms with Crippen LogP contribution < -0.4 is 10.1 Å². The lowest BCUT2D eigenvalue weighted by molar-refractivity contribution is -0.139. The van der Waals surface area contributed by atoms with Gasteiger partial charge in [0.15, 0.2) is 0 Å². The number of amides is 2. The lowest BCUT2D eigenvalue weighted by atomic mass is 10.0. The minimum absolute atomic E-state index is 0.0636. The molecule has 2 amide bonds. The second kappa shape index (κ2) is 14.3. The van der Waals surface area contributed by atoms with Crippen LogP contribution in [0.5, 0.6) is 5.75 Å². The Balaban J connectivity index is 1.85. The van der Waals surface area contributed by atoms with Gasteiger partial charge in [-0.1, -0.05) is 71.7 Å². The Morgan fingerprint density at radius 2 is 1.68 bits per heavy atom. The SMILES string of the molecule is COc1ccc(CSCC(=O)N(Cc2ccc(Cl)cc2Cl)[C@H](Cc2ccccc2)C(=O)NC(C)C)cc1. The van der Waals surface area contributed by atoms with Crippen LogP contribution in [0.15, 0.2) is 72.8 Å². The molecule has 3 rings (SSSR count). The van der Waals surface area contributed by atoms with E-state index in [2.05, 4.69) is 5.32 Å². The van der Waals surface area contributed by atoms with Crippen molar-refractivity contribution in [1.82, 2.24) is 10.2 Å². The molecule has 0 aliphatic rings. The molecule has 0 unspecified atom stereocenters. The third kappa shape index (κ3) is 8.99. The van der Waals surface area contributed by atoms with Crippen molar-refractivity contribution in [3.63, 3.8) is 0 Å². The minimum atomic E-state index is -0.703. The van der Waals surface area contributed by atoms with Crippen LogP contribution in [-0.2, 0) is 28.3 Å². The van der Waals surface area contributed by atoms with Crippen LogP contribution >= 0.6 is 35.0 Å². The Bertz CT molecular complexity index is 1170. The summed E-state index contributed by atoms with van der Waals surface area (Å²) in [6.45, 7) is 4.01. The Hall–Kier alpha value is -2.67. The normalized spacial score (nSPS) is 11.7. The molecular weight excluding hydrogens is 527 g/mol. The summed E-state index contributed by atoms with van der Waals surface area (Å²) in [4.78, 5) is 28.7. The zero-order valence-electron chi connectivity index (χ0n) is 21.2. The molecule has 0 aromatic heterocycles. The average molecular weight is 560 g/mol. The van der Waals surface area contributed by atoms with E-state index in [4.69, 9.17) is 27.9 Å². The van der Waals surface area contributed by atoms with Gasteiger partial charge in [-0.2, -0.15) is 0 Å². The predicted molar refractivity (Wildman–Crippen MR) is 153 cm³/mol. The molecule has 3 aromatic carbocycles. The van der Waals surface area contributed by atoms with E-state index in [1.165, 1.54) is 11.8 Å². The first-order valence-corrected chi connectivity index (χ1v) is 14.0. The monoisotopic (exact) mass is 558 g/mol. The van der Waals surface area contributed by atoms with E-state index in [1.807, 2.05) is 68.4 Å². The standard InChI is InChI=1S/C29H32Cl2N2O3S/c1-20(2)32-29(35)27(15-21-7-5-4-6-8-21)33(17-23-11-12-24(30)16-26(23)31)28(34)19-37-18-22-9-13-25(36-3)14-10-22/h4-14,16,20,27H,15,17-19H2,1-3H3,(H,32,35)/t27-/m1/s1.